The summed E-state index contributed by atoms with van der Waals surface area (Å²) in [5.74, 6) is 0. The Morgan fingerprint density at radius 1 is 1.06 bits per heavy atom. The highest BCUT2D eigenvalue weighted by Crippen LogP contribution is 2.20. The first kappa shape index (κ1) is 13.2. The highest BCUT2D eigenvalue weighted by atomic mass is 127. The zero-order chi connectivity index (χ0) is 11.7. The van der Waals surface area contributed by atoms with Crippen molar-refractivity contribution in [1.82, 2.24) is 4.98 Å². The number of nitrogens with zero attached hydrogens (tertiary/aromatic N) is 2. The summed E-state index contributed by atoms with van der Waals surface area (Å²) in [6, 6.07) is 12.7. The zero-order valence-corrected chi connectivity index (χ0v) is 12.5. The van der Waals surface area contributed by atoms with E-state index in [-0.39, 0.29) is 24.0 Å². The van der Waals surface area contributed by atoms with Crippen LogP contribution in [0.2, 0.25) is 0 Å². The topological polar surface area (TPSA) is 16.8 Å². The second-order valence-electron chi connectivity index (χ2n) is 4.28. The van der Waals surface area contributed by atoms with Gasteiger partial charge >= 0.3 is 0 Å². The number of hydrogen-bond acceptors (Lipinski definition) is 1. The minimum atomic E-state index is 0. The Morgan fingerprint density at radius 3 is 2.67 bits per heavy atom. The minimum Gasteiger partial charge on any atom is -1.00 e. The first-order valence-corrected chi connectivity index (χ1v) is 6.06. The number of halogens is 1. The van der Waals surface area contributed by atoms with Crippen molar-refractivity contribution >= 4 is 21.8 Å². The quantitative estimate of drug-likeness (QED) is 0.364. The fraction of sp³-hybridized carbons (Fsp3) is 0.200. The van der Waals surface area contributed by atoms with Gasteiger partial charge in [-0.2, -0.15) is 4.57 Å². The molecule has 2 aromatic heterocycles. The molecule has 0 bridgehead atoms. The Morgan fingerprint density at radius 2 is 1.83 bits per heavy atom. The van der Waals surface area contributed by atoms with E-state index >= 15 is 0 Å². The summed E-state index contributed by atoms with van der Waals surface area (Å²) in [5, 5.41) is 2.46. The molecule has 1 aromatic carbocycles. The Hall–Kier alpha value is -1.23. The molecule has 0 aliphatic rings. The highest BCUT2D eigenvalue weighted by molar-refractivity contribution is 6.00. The second kappa shape index (κ2) is 5.61. The predicted octanol–water partition coefficient (Wildman–Crippen LogP) is 0.0895. The summed E-state index contributed by atoms with van der Waals surface area (Å²) in [5.41, 5.74) is 2.34. The van der Waals surface area contributed by atoms with E-state index in [0.29, 0.717) is 0 Å². The monoisotopic (exact) mass is 350 g/mol. The number of aryl methyl sites for hydroxylation is 1. The van der Waals surface area contributed by atoms with Crippen LogP contribution in [0.15, 0.2) is 48.8 Å². The van der Waals surface area contributed by atoms with Gasteiger partial charge in [-0.3, -0.25) is 0 Å². The van der Waals surface area contributed by atoms with Crippen molar-refractivity contribution in [2.45, 2.75) is 19.9 Å². The molecule has 0 aliphatic carbocycles. The van der Waals surface area contributed by atoms with E-state index in [1.807, 2.05) is 12.3 Å². The van der Waals surface area contributed by atoms with Gasteiger partial charge in [0.25, 0.3) is 0 Å². The van der Waals surface area contributed by atoms with Gasteiger partial charge in [-0.05, 0) is 18.2 Å². The maximum Gasteiger partial charge on any atom is 0.239 e. The molecular weight excluding hydrogens is 335 g/mol. The number of aromatic nitrogens is 2. The van der Waals surface area contributed by atoms with Crippen molar-refractivity contribution in [1.29, 1.82) is 0 Å². The number of pyridine rings is 2. The standard InChI is InChI=1S/C15H15N2.HI/c1-2-10-17-11-4-6-13-8-7-12-5-3-9-16-14(12)15(13)17;/h3-9,11H,2,10H2,1H3;1H/q+1;/p-1. The molecule has 0 saturated carbocycles. The van der Waals surface area contributed by atoms with Crippen LogP contribution in [0.5, 0.6) is 0 Å². The number of fused-ring (bicyclic) bond motifs is 3. The van der Waals surface area contributed by atoms with E-state index in [1.165, 1.54) is 16.3 Å². The molecule has 0 atom stereocenters. The van der Waals surface area contributed by atoms with Crippen LogP contribution < -0.4 is 28.5 Å². The molecule has 3 rings (SSSR count). The Kier molecular flexibility index (Phi) is 4.11. The molecule has 0 spiro atoms. The van der Waals surface area contributed by atoms with Gasteiger partial charge in [0.1, 0.15) is 12.1 Å². The Bertz CT molecular complexity index is 679. The van der Waals surface area contributed by atoms with E-state index in [4.69, 9.17) is 0 Å². The van der Waals surface area contributed by atoms with Gasteiger partial charge in [0.15, 0.2) is 6.20 Å². The second-order valence-corrected chi connectivity index (χ2v) is 4.28. The highest BCUT2D eigenvalue weighted by Gasteiger charge is 2.12. The van der Waals surface area contributed by atoms with Crippen molar-refractivity contribution in [3.63, 3.8) is 0 Å². The third kappa shape index (κ3) is 2.19. The Labute approximate surface area is 124 Å². The van der Waals surface area contributed by atoms with Crippen molar-refractivity contribution < 1.29 is 28.5 Å². The molecule has 0 saturated heterocycles. The third-order valence-corrected chi connectivity index (χ3v) is 3.07. The maximum atomic E-state index is 4.53. The predicted molar refractivity (Wildman–Crippen MR) is 69.7 cm³/mol. The molecule has 3 heteroatoms. The third-order valence-electron chi connectivity index (χ3n) is 3.07. The smallest absolute Gasteiger partial charge is 0.239 e. The van der Waals surface area contributed by atoms with E-state index in [2.05, 4.69) is 53.0 Å². The molecule has 0 fully saturated rings. The lowest BCUT2D eigenvalue weighted by molar-refractivity contribution is -0.670. The lowest BCUT2D eigenvalue weighted by Crippen LogP contribution is -3.00. The fourth-order valence-corrected chi connectivity index (χ4v) is 2.33. The van der Waals surface area contributed by atoms with Crippen LogP contribution in [0.25, 0.3) is 21.8 Å². The average Bonchev–Trinajstić information content (AvgIpc) is 2.39. The summed E-state index contributed by atoms with van der Waals surface area (Å²) in [4.78, 5) is 4.53. The van der Waals surface area contributed by atoms with Gasteiger partial charge in [0.2, 0.25) is 5.52 Å². The van der Waals surface area contributed by atoms with E-state index < -0.39 is 0 Å². The molecule has 0 aliphatic heterocycles. The summed E-state index contributed by atoms with van der Waals surface area (Å²) in [6.45, 7) is 3.23. The summed E-state index contributed by atoms with van der Waals surface area (Å²) < 4.78 is 2.30. The molecular formula is C15H15IN2. The van der Waals surface area contributed by atoms with Gasteiger partial charge < -0.3 is 24.0 Å². The molecule has 92 valence electrons. The van der Waals surface area contributed by atoms with Crippen LogP contribution in [0.1, 0.15) is 13.3 Å². The maximum absolute atomic E-state index is 4.53. The number of rotatable bonds is 2. The van der Waals surface area contributed by atoms with Crippen LogP contribution in [0.4, 0.5) is 0 Å². The van der Waals surface area contributed by atoms with Crippen molar-refractivity contribution in [2.24, 2.45) is 0 Å². The normalized spacial score (nSPS) is 10.5. The van der Waals surface area contributed by atoms with Gasteiger partial charge in [-0.15, -0.1) is 0 Å². The van der Waals surface area contributed by atoms with Crippen LogP contribution in [-0.2, 0) is 6.54 Å². The molecule has 3 aromatic rings. The molecule has 0 N–H and O–H groups in total. The van der Waals surface area contributed by atoms with Crippen molar-refractivity contribution in [3.8, 4) is 0 Å². The first-order valence-electron chi connectivity index (χ1n) is 6.06. The Balaban J connectivity index is 0.00000120. The van der Waals surface area contributed by atoms with Crippen molar-refractivity contribution in [3.05, 3.63) is 48.8 Å². The van der Waals surface area contributed by atoms with Crippen LogP contribution in [0.3, 0.4) is 0 Å². The SMILES string of the molecule is CCC[n+]1cccc2ccc3cccnc3c21.[I-]. The average molecular weight is 350 g/mol. The first-order chi connectivity index (χ1) is 8.40. The van der Waals surface area contributed by atoms with Crippen LogP contribution in [0, 0.1) is 0 Å². The lowest BCUT2D eigenvalue weighted by atomic mass is 10.1. The zero-order valence-electron chi connectivity index (χ0n) is 10.3. The summed E-state index contributed by atoms with van der Waals surface area (Å²) >= 11 is 0. The van der Waals surface area contributed by atoms with Crippen LogP contribution >= 0.6 is 0 Å². The summed E-state index contributed by atoms with van der Waals surface area (Å²) in [6.07, 6.45) is 5.14. The van der Waals surface area contributed by atoms with E-state index in [1.54, 1.807) is 0 Å². The molecule has 0 radical (unpaired) electrons. The number of hydrogen-bond donors (Lipinski definition) is 0. The van der Waals surface area contributed by atoms with Gasteiger partial charge in [0.05, 0.1) is 0 Å². The molecule has 18 heavy (non-hydrogen) atoms. The van der Waals surface area contributed by atoms with E-state index in [0.717, 1.165) is 18.5 Å². The summed E-state index contributed by atoms with van der Waals surface area (Å²) in [7, 11) is 0. The van der Waals surface area contributed by atoms with Gasteiger partial charge in [-0.1, -0.05) is 19.1 Å². The number of benzene rings is 1. The molecule has 0 unspecified atom stereocenters. The fourth-order valence-electron chi connectivity index (χ4n) is 2.33. The van der Waals surface area contributed by atoms with E-state index in [9.17, 15) is 0 Å². The lowest BCUT2D eigenvalue weighted by Gasteiger charge is -2.03. The van der Waals surface area contributed by atoms with Gasteiger partial charge in [0, 0.05) is 29.5 Å². The molecule has 2 nitrogen and oxygen atoms in total. The molecule has 2 heterocycles. The van der Waals surface area contributed by atoms with Crippen LogP contribution in [-0.4, -0.2) is 4.98 Å². The van der Waals surface area contributed by atoms with Crippen molar-refractivity contribution in [2.75, 3.05) is 0 Å². The largest absolute Gasteiger partial charge is 1.00 e. The minimum absolute atomic E-state index is 0. The van der Waals surface area contributed by atoms with Gasteiger partial charge in [-0.25, -0.2) is 4.98 Å². The molecule has 0 amide bonds.